The van der Waals surface area contributed by atoms with Crippen LogP contribution >= 0.6 is 0 Å². The van der Waals surface area contributed by atoms with E-state index in [2.05, 4.69) is 4.42 Å². The van der Waals surface area contributed by atoms with Crippen molar-refractivity contribution in [3.05, 3.63) is 16.8 Å². The summed E-state index contributed by atoms with van der Waals surface area (Å²) in [5.41, 5.74) is 0. The number of hydrogen-bond donors (Lipinski definition) is 1. The lowest BCUT2D eigenvalue weighted by atomic mass is 9.84. The van der Waals surface area contributed by atoms with Gasteiger partial charge in [0.2, 0.25) is 5.88 Å². The van der Waals surface area contributed by atoms with Crippen LogP contribution in [0.1, 0.15) is 38.6 Å². The molecular formula is C11H15NO4. The SMILES string of the molecule is CC(=O)C1CCC(n2c(O)coc2=O)CC1. The summed E-state index contributed by atoms with van der Waals surface area (Å²) in [6.45, 7) is 1.60. The minimum absolute atomic E-state index is 0.0400. The number of nitrogens with zero attached hydrogens (tertiary/aromatic N) is 1. The fourth-order valence-electron chi connectivity index (χ4n) is 2.39. The Morgan fingerprint density at radius 2 is 2.06 bits per heavy atom. The van der Waals surface area contributed by atoms with Crippen molar-refractivity contribution in [2.24, 2.45) is 5.92 Å². The van der Waals surface area contributed by atoms with E-state index in [4.69, 9.17) is 0 Å². The molecular weight excluding hydrogens is 210 g/mol. The maximum Gasteiger partial charge on any atom is 0.422 e. The normalized spacial score (nSPS) is 25.6. The van der Waals surface area contributed by atoms with Gasteiger partial charge >= 0.3 is 5.76 Å². The Kier molecular flexibility index (Phi) is 2.85. The van der Waals surface area contributed by atoms with Gasteiger partial charge in [0.25, 0.3) is 0 Å². The molecule has 5 heteroatoms. The van der Waals surface area contributed by atoms with E-state index in [1.807, 2.05) is 0 Å². The minimum Gasteiger partial charge on any atom is -0.492 e. The van der Waals surface area contributed by atoms with E-state index in [1.165, 1.54) is 4.57 Å². The number of carbonyl (C=O) groups excluding carboxylic acids is 1. The molecule has 0 amide bonds. The first-order chi connectivity index (χ1) is 7.59. The highest BCUT2D eigenvalue weighted by atomic mass is 16.4. The number of ketones is 1. The molecule has 1 aromatic heterocycles. The monoisotopic (exact) mass is 225 g/mol. The van der Waals surface area contributed by atoms with Gasteiger partial charge in [0, 0.05) is 12.0 Å². The van der Waals surface area contributed by atoms with Gasteiger partial charge < -0.3 is 9.52 Å². The molecule has 0 aliphatic heterocycles. The highest BCUT2D eigenvalue weighted by Crippen LogP contribution is 2.33. The second-order valence-electron chi connectivity index (χ2n) is 4.35. The van der Waals surface area contributed by atoms with Crippen molar-refractivity contribution >= 4 is 5.78 Å². The van der Waals surface area contributed by atoms with E-state index in [1.54, 1.807) is 6.92 Å². The minimum atomic E-state index is -0.524. The third-order valence-electron chi connectivity index (χ3n) is 3.35. The predicted molar refractivity (Wildman–Crippen MR) is 56.3 cm³/mol. The number of carbonyl (C=O) groups is 1. The first kappa shape index (κ1) is 11.0. The molecule has 0 spiro atoms. The molecule has 1 aromatic rings. The number of aromatic nitrogens is 1. The van der Waals surface area contributed by atoms with Crippen LogP contribution in [0.3, 0.4) is 0 Å². The number of oxazole rings is 1. The van der Waals surface area contributed by atoms with Crippen LogP contribution in [-0.4, -0.2) is 15.5 Å². The van der Waals surface area contributed by atoms with E-state index in [-0.39, 0.29) is 23.6 Å². The van der Waals surface area contributed by atoms with Crippen molar-refractivity contribution in [2.75, 3.05) is 0 Å². The fraction of sp³-hybridized carbons (Fsp3) is 0.636. The molecule has 16 heavy (non-hydrogen) atoms. The van der Waals surface area contributed by atoms with Gasteiger partial charge in [-0.05, 0) is 32.6 Å². The highest BCUT2D eigenvalue weighted by molar-refractivity contribution is 5.78. The van der Waals surface area contributed by atoms with Crippen LogP contribution in [0.5, 0.6) is 5.88 Å². The van der Waals surface area contributed by atoms with Crippen LogP contribution in [0.4, 0.5) is 0 Å². The second kappa shape index (κ2) is 4.15. The molecule has 0 aromatic carbocycles. The van der Waals surface area contributed by atoms with E-state index in [0.717, 1.165) is 31.9 Å². The second-order valence-corrected chi connectivity index (χ2v) is 4.35. The van der Waals surface area contributed by atoms with Gasteiger partial charge in [-0.15, -0.1) is 0 Å². The van der Waals surface area contributed by atoms with Crippen molar-refractivity contribution in [3.8, 4) is 5.88 Å². The van der Waals surface area contributed by atoms with E-state index < -0.39 is 5.76 Å². The summed E-state index contributed by atoms with van der Waals surface area (Å²) < 4.78 is 5.89. The van der Waals surface area contributed by atoms with Gasteiger partial charge in [-0.2, -0.15) is 0 Å². The standard InChI is InChI=1S/C11H15NO4/c1-7(13)8-2-4-9(5-3-8)12-10(14)6-16-11(12)15/h6,8-9,14H,2-5H2,1H3. The summed E-state index contributed by atoms with van der Waals surface area (Å²) in [5.74, 6) is -0.330. The number of rotatable bonds is 2. The average Bonchev–Trinajstić information content (AvgIpc) is 2.59. The van der Waals surface area contributed by atoms with E-state index in [9.17, 15) is 14.7 Å². The van der Waals surface area contributed by atoms with E-state index >= 15 is 0 Å². The largest absolute Gasteiger partial charge is 0.492 e. The summed E-state index contributed by atoms with van der Waals surface area (Å²) in [5, 5.41) is 9.46. The zero-order chi connectivity index (χ0) is 11.7. The molecule has 0 unspecified atom stereocenters. The number of hydrogen-bond acceptors (Lipinski definition) is 4. The number of Topliss-reactive ketones (excluding diaryl/α,β-unsaturated/α-hetero) is 1. The first-order valence-electron chi connectivity index (χ1n) is 5.49. The molecule has 1 heterocycles. The van der Waals surface area contributed by atoms with Crippen molar-refractivity contribution < 1.29 is 14.3 Å². The van der Waals surface area contributed by atoms with Crippen molar-refractivity contribution in [3.63, 3.8) is 0 Å². The summed E-state index contributed by atoms with van der Waals surface area (Å²) in [7, 11) is 0. The zero-order valence-corrected chi connectivity index (χ0v) is 9.18. The van der Waals surface area contributed by atoms with Crippen molar-refractivity contribution in [1.29, 1.82) is 0 Å². The molecule has 0 atom stereocenters. The van der Waals surface area contributed by atoms with Crippen LogP contribution in [0.2, 0.25) is 0 Å². The van der Waals surface area contributed by atoms with Crippen LogP contribution in [0.25, 0.3) is 0 Å². The fourth-order valence-corrected chi connectivity index (χ4v) is 2.39. The Bertz CT molecular complexity index is 437. The Hall–Kier alpha value is -1.52. The average molecular weight is 225 g/mol. The third kappa shape index (κ3) is 1.89. The lowest BCUT2D eigenvalue weighted by Gasteiger charge is -2.27. The van der Waals surface area contributed by atoms with Gasteiger partial charge in [0.05, 0.1) is 0 Å². The number of aromatic hydroxyl groups is 1. The van der Waals surface area contributed by atoms with Gasteiger partial charge in [-0.1, -0.05) is 0 Å². The zero-order valence-electron chi connectivity index (χ0n) is 9.18. The molecule has 1 aliphatic rings. The van der Waals surface area contributed by atoms with Crippen LogP contribution in [-0.2, 0) is 4.79 Å². The topological polar surface area (TPSA) is 72.4 Å². The predicted octanol–water partition coefficient (Wildman–Crippen LogP) is 1.47. The summed E-state index contributed by atoms with van der Waals surface area (Å²) in [6.07, 6.45) is 4.07. The summed E-state index contributed by atoms with van der Waals surface area (Å²) in [6, 6.07) is -0.0400. The maximum atomic E-state index is 11.3. The van der Waals surface area contributed by atoms with Crippen molar-refractivity contribution in [1.82, 2.24) is 4.57 Å². The molecule has 0 bridgehead atoms. The van der Waals surface area contributed by atoms with Crippen LogP contribution in [0, 0.1) is 5.92 Å². The quantitative estimate of drug-likeness (QED) is 0.827. The Labute approximate surface area is 92.7 Å². The molecule has 1 aliphatic carbocycles. The highest BCUT2D eigenvalue weighted by Gasteiger charge is 2.27. The molecule has 88 valence electrons. The third-order valence-corrected chi connectivity index (χ3v) is 3.35. The molecule has 1 fully saturated rings. The Balaban J connectivity index is 2.10. The molecule has 0 radical (unpaired) electrons. The van der Waals surface area contributed by atoms with Gasteiger partial charge in [0.15, 0.2) is 6.26 Å². The molecule has 0 saturated heterocycles. The Morgan fingerprint density at radius 3 is 2.50 bits per heavy atom. The summed E-state index contributed by atoms with van der Waals surface area (Å²) >= 11 is 0. The molecule has 1 N–H and O–H groups in total. The Morgan fingerprint density at radius 1 is 1.44 bits per heavy atom. The van der Waals surface area contributed by atoms with Gasteiger partial charge in [-0.25, -0.2) is 9.36 Å². The van der Waals surface area contributed by atoms with Crippen LogP contribution < -0.4 is 5.76 Å². The summed E-state index contributed by atoms with van der Waals surface area (Å²) in [4.78, 5) is 22.5. The van der Waals surface area contributed by atoms with Crippen molar-refractivity contribution in [2.45, 2.75) is 38.6 Å². The maximum absolute atomic E-state index is 11.3. The molecule has 2 rings (SSSR count). The van der Waals surface area contributed by atoms with Gasteiger partial charge in [0.1, 0.15) is 5.78 Å². The van der Waals surface area contributed by atoms with Gasteiger partial charge in [-0.3, -0.25) is 4.79 Å². The smallest absolute Gasteiger partial charge is 0.422 e. The van der Waals surface area contributed by atoms with Crippen LogP contribution in [0.15, 0.2) is 15.5 Å². The molecule has 5 nitrogen and oxygen atoms in total. The first-order valence-corrected chi connectivity index (χ1v) is 5.49. The lowest BCUT2D eigenvalue weighted by Crippen LogP contribution is -2.26. The van der Waals surface area contributed by atoms with E-state index in [0.29, 0.717) is 0 Å². The lowest BCUT2D eigenvalue weighted by molar-refractivity contribution is -0.121. The molecule has 1 saturated carbocycles.